The Kier molecular flexibility index (Phi) is 3.48. The van der Waals surface area contributed by atoms with Crippen molar-refractivity contribution < 1.29 is 5.11 Å². The predicted molar refractivity (Wildman–Crippen MR) is 54.5 cm³/mol. The molecule has 0 spiro atoms. The van der Waals surface area contributed by atoms with Crippen LogP contribution < -0.4 is 0 Å². The van der Waals surface area contributed by atoms with Gasteiger partial charge in [0.05, 0.1) is 0 Å². The highest BCUT2D eigenvalue weighted by molar-refractivity contribution is 7.99. The summed E-state index contributed by atoms with van der Waals surface area (Å²) >= 11 is 1.88. The molecule has 0 aliphatic heterocycles. The average Bonchev–Trinajstić information content (AvgIpc) is 2.01. The van der Waals surface area contributed by atoms with Gasteiger partial charge in [-0.15, -0.1) is 0 Å². The lowest BCUT2D eigenvalue weighted by Crippen LogP contribution is -1.88. The second kappa shape index (κ2) is 4.41. The Hall–Kier alpha value is -0.630. The first-order valence-corrected chi connectivity index (χ1v) is 5.13. The maximum Gasteiger partial charge on any atom is 0.115 e. The first kappa shape index (κ1) is 9.46. The molecule has 0 fully saturated rings. The van der Waals surface area contributed by atoms with Crippen LogP contribution in [-0.2, 0) is 5.75 Å². The van der Waals surface area contributed by atoms with Crippen LogP contribution in [0.5, 0.6) is 5.75 Å². The number of benzene rings is 1. The lowest BCUT2D eigenvalue weighted by atomic mass is 10.2. The first-order valence-electron chi connectivity index (χ1n) is 4.08. The van der Waals surface area contributed by atoms with Crippen LogP contribution in [0.2, 0.25) is 0 Å². The Morgan fingerprint density at radius 1 is 1.42 bits per heavy atom. The SMILES string of the molecule is CC(C)SCc1cccc(O)c1. The molecular weight excluding hydrogens is 168 g/mol. The number of aromatic hydroxyl groups is 1. The molecule has 66 valence electrons. The molecule has 0 heterocycles. The Labute approximate surface area is 77.8 Å². The minimum Gasteiger partial charge on any atom is -0.508 e. The van der Waals surface area contributed by atoms with Gasteiger partial charge in [0.25, 0.3) is 0 Å². The molecule has 1 N–H and O–H groups in total. The fraction of sp³-hybridized carbons (Fsp3) is 0.400. The van der Waals surface area contributed by atoms with E-state index in [-0.39, 0.29) is 0 Å². The number of phenolic OH excluding ortho intramolecular Hbond substituents is 1. The van der Waals surface area contributed by atoms with Gasteiger partial charge in [-0.05, 0) is 22.9 Å². The molecule has 0 radical (unpaired) electrons. The van der Waals surface area contributed by atoms with Crippen LogP contribution >= 0.6 is 11.8 Å². The summed E-state index contributed by atoms with van der Waals surface area (Å²) in [7, 11) is 0. The summed E-state index contributed by atoms with van der Waals surface area (Å²) in [5.41, 5.74) is 1.19. The number of hydrogen-bond acceptors (Lipinski definition) is 2. The molecule has 2 heteroatoms. The van der Waals surface area contributed by atoms with Crippen LogP contribution in [-0.4, -0.2) is 10.4 Å². The number of phenols is 1. The van der Waals surface area contributed by atoms with Crippen molar-refractivity contribution in [1.82, 2.24) is 0 Å². The molecule has 0 bridgehead atoms. The second-order valence-electron chi connectivity index (χ2n) is 3.03. The van der Waals surface area contributed by atoms with E-state index in [9.17, 15) is 0 Å². The Balaban J connectivity index is 2.52. The number of thioether (sulfide) groups is 1. The maximum absolute atomic E-state index is 9.17. The molecular formula is C10H14OS. The maximum atomic E-state index is 9.17. The average molecular weight is 182 g/mol. The van der Waals surface area contributed by atoms with Gasteiger partial charge >= 0.3 is 0 Å². The first-order chi connectivity index (χ1) is 5.68. The highest BCUT2D eigenvalue weighted by atomic mass is 32.2. The normalized spacial score (nSPS) is 10.6. The van der Waals surface area contributed by atoms with Gasteiger partial charge in [-0.1, -0.05) is 26.0 Å². The van der Waals surface area contributed by atoms with E-state index < -0.39 is 0 Å². The quantitative estimate of drug-likeness (QED) is 0.775. The van der Waals surface area contributed by atoms with Crippen LogP contribution in [0.3, 0.4) is 0 Å². The van der Waals surface area contributed by atoms with Gasteiger partial charge in [-0.25, -0.2) is 0 Å². The van der Waals surface area contributed by atoms with E-state index in [1.165, 1.54) is 5.56 Å². The lowest BCUT2D eigenvalue weighted by molar-refractivity contribution is 0.475. The molecule has 0 unspecified atom stereocenters. The van der Waals surface area contributed by atoms with Crippen molar-refractivity contribution in [2.24, 2.45) is 0 Å². The van der Waals surface area contributed by atoms with Crippen molar-refractivity contribution in [1.29, 1.82) is 0 Å². The van der Waals surface area contributed by atoms with Crippen LogP contribution in [0.4, 0.5) is 0 Å². The molecule has 0 saturated heterocycles. The molecule has 1 nitrogen and oxygen atoms in total. The number of rotatable bonds is 3. The zero-order valence-electron chi connectivity index (χ0n) is 7.45. The second-order valence-corrected chi connectivity index (χ2v) is 4.59. The van der Waals surface area contributed by atoms with Crippen LogP contribution in [0.25, 0.3) is 0 Å². The standard InChI is InChI=1S/C10H14OS/c1-8(2)12-7-9-4-3-5-10(11)6-9/h3-6,8,11H,7H2,1-2H3. The summed E-state index contributed by atoms with van der Waals surface area (Å²) in [6.07, 6.45) is 0. The zero-order chi connectivity index (χ0) is 8.97. The van der Waals surface area contributed by atoms with E-state index >= 15 is 0 Å². The summed E-state index contributed by atoms with van der Waals surface area (Å²) in [5, 5.41) is 9.81. The molecule has 0 amide bonds. The fourth-order valence-electron chi connectivity index (χ4n) is 0.909. The van der Waals surface area contributed by atoms with E-state index in [2.05, 4.69) is 13.8 Å². The van der Waals surface area contributed by atoms with Gasteiger partial charge in [0.1, 0.15) is 5.75 Å². The van der Waals surface area contributed by atoms with Crippen molar-refractivity contribution in [3.8, 4) is 5.75 Å². The third-order valence-electron chi connectivity index (χ3n) is 1.49. The van der Waals surface area contributed by atoms with Crippen molar-refractivity contribution in [2.45, 2.75) is 24.9 Å². The van der Waals surface area contributed by atoms with Crippen LogP contribution in [0, 0.1) is 0 Å². The molecule has 0 saturated carbocycles. The molecule has 1 aromatic rings. The van der Waals surface area contributed by atoms with Gasteiger partial charge in [-0.3, -0.25) is 0 Å². The third kappa shape index (κ3) is 3.18. The molecule has 1 aromatic carbocycles. The van der Waals surface area contributed by atoms with Crippen molar-refractivity contribution in [3.63, 3.8) is 0 Å². The highest BCUT2D eigenvalue weighted by Crippen LogP contribution is 2.19. The van der Waals surface area contributed by atoms with Crippen LogP contribution in [0.1, 0.15) is 19.4 Å². The molecule has 0 aliphatic carbocycles. The third-order valence-corrected chi connectivity index (χ3v) is 2.66. The summed E-state index contributed by atoms with van der Waals surface area (Å²) in [5.74, 6) is 1.34. The minimum atomic E-state index is 0.358. The molecule has 1 rings (SSSR count). The monoisotopic (exact) mass is 182 g/mol. The van der Waals surface area contributed by atoms with Gasteiger partial charge in [0.15, 0.2) is 0 Å². The van der Waals surface area contributed by atoms with Gasteiger partial charge in [0, 0.05) is 5.75 Å². The summed E-state index contributed by atoms with van der Waals surface area (Å²) < 4.78 is 0. The molecule has 0 aromatic heterocycles. The molecule has 0 aliphatic rings. The largest absolute Gasteiger partial charge is 0.508 e. The van der Waals surface area contributed by atoms with E-state index in [0.29, 0.717) is 11.0 Å². The minimum absolute atomic E-state index is 0.358. The molecule has 0 atom stereocenters. The predicted octanol–water partition coefficient (Wildman–Crippen LogP) is 3.03. The fourth-order valence-corrected chi connectivity index (χ4v) is 1.61. The lowest BCUT2D eigenvalue weighted by Gasteiger charge is -2.04. The molecule has 12 heavy (non-hydrogen) atoms. The Bertz CT molecular complexity index is 245. The Morgan fingerprint density at radius 3 is 2.75 bits per heavy atom. The van der Waals surface area contributed by atoms with Gasteiger partial charge in [0.2, 0.25) is 0 Å². The van der Waals surface area contributed by atoms with Gasteiger partial charge < -0.3 is 5.11 Å². The van der Waals surface area contributed by atoms with E-state index in [4.69, 9.17) is 5.11 Å². The smallest absolute Gasteiger partial charge is 0.115 e. The van der Waals surface area contributed by atoms with Crippen molar-refractivity contribution in [2.75, 3.05) is 0 Å². The summed E-state index contributed by atoms with van der Waals surface area (Å²) in [4.78, 5) is 0. The van der Waals surface area contributed by atoms with Crippen LogP contribution in [0.15, 0.2) is 24.3 Å². The Morgan fingerprint density at radius 2 is 2.17 bits per heavy atom. The topological polar surface area (TPSA) is 20.2 Å². The summed E-state index contributed by atoms with van der Waals surface area (Å²) in [6, 6.07) is 7.43. The highest BCUT2D eigenvalue weighted by Gasteiger charge is 1.97. The van der Waals surface area contributed by atoms with Crippen molar-refractivity contribution in [3.05, 3.63) is 29.8 Å². The zero-order valence-corrected chi connectivity index (χ0v) is 8.27. The van der Waals surface area contributed by atoms with Gasteiger partial charge in [-0.2, -0.15) is 11.8 Å². The van der Waals surface area contributed by atoms with Crippen molar-refractivity contribution >= 4 is 11.8 Å². The van der Waals surface area contributed by atoms with E-state index in [1.54, 1.807) is 6.07 Å². The summed E-state index contributed by atoms with van der Waals surface area (Å²) in [6.45, 7) is 4.35. The van der Waals surface area contributed by atoms with E-state index in [0.717, 1.165) is 5.75 Å². The number of hydrogen-bond donors (Lipinski definition) is 1. The van der Waals surface area contributed by atoms with E-state index in [1.807, 2.05) is 30.0 Å².